The molecule has 1 saturated heterocycles. The van der Waals surface area contributed by atoms with E-state index in [0.29, 0.717) is 6.54 Å². The second-order valence-electron chi connectivity index (χ2n) is 4.85. The van der Waals surface area contributed by atoms with E-state index in [4.69, 9.17) is 10.5 Å². The van der Waals surface area contributed by atoms with Crippen LogP contribution in [0.15, 0.2) is 18.2 Å². The molecule has 1 fully saturated rings. The summed E-state index contributed by atoms with van der Waals surface area (Å²) in [5.41, 5.74) is 6.67. The van der Waals surface area contributed by atoms with Crippen molar-refractivity contribution in [3.8, 4) is 0 Å². The molecule has 17 heavy (non-hydrogen) atoms. The van der Waals surface area contributed by atoms with Gasteiger partial charge >= 0.3 is 0 Å². The molecule has 2 atom stereocenters. The van der Waals surface area contributed by atoms with Crippen molar-refractivity contribution in [2.75, 3.05) is 12.3 Å². The maximum atomic E-state index is 13.3. The van der Waals surface area contributed by atoms with Gasteiger partial charge in [0.05, 0.1) is 11.8 Å². The summed E-state index contributed by atoms with van der Waals surface area (Å²) in [4.78, 5) is 0. The molecule has 1 aromatic rings. The third kappa shape index (κ3) is 2.42. The Hall–Kier alpha value is -1.13. The minimum Gasteiger partial charge on any atom is -0.396 e. The SMILES string of the molecule is CC1OCCC1(C)NCc1cccc(F)c1N. The van der Waals surface area contributed by atoms with Crippen LogP contribution in [-0.2, 0) is 11.3 Å². The van der Waals surface area contributed by atoms with Crippen molar-refractivity contribution in [3.63, 3.8) is 0 Å². The Morgan fingerprint density at radius 2 is 2.35 bits per heavy atom. The number of nitrogens with one attached hydrogen (secondary N) is 1. The van der Waals surface area contributed by atoms with Crippen molar-refractivity contribution in [2.24, 2.45) is 0 Å². The number of nitrogen functional groups attached to an aromatic ring is 1. The van der Waals surface area contributed by atoms with E-state index in [2.05, 4.69) is 19.2 Å². The third-order valence-corrected chi connectivity index (χ3v) is 3.71. The highest BCUT2D eigenvalue weighted by Crippen LogP contribution is 2.26. The van der Waals surface area contributed by atoms with Crippen LogP contribution in [0.1, 0.15) is 25.8 Å². The molecule has 2 unspecified atom stereocenters. The number of rotatable bonds is 3. The second kappa shape index (κ2) is 4.63. The van der Waals surface area contributed by atoms with Gasteiger partial charge in [0.2, 0.25) is 0 Å². The minimum atomic E-state index is -0.356. The number of hydrogen-bond donors (Lipinski definition) is 2. The summed E-state index contributed by atoms with van der Waals surface area (Å²) in [6, 6.07) is 4.90. The zero-order chi connectivity index (χ0) is 12.5. The fourth-order valence-electron chi connectivity index (χ4n) is 2.10. The number of hydrogen-bond acceptors (Lipinski definition) is 3. The fourth-order valence-corrected chi connectivity index (χ4v) is 2.10. The van der Waals surface area contributed by atoms with E-state index in [1.54, 1.807) is 6.07 Å². The number of benzene rings is 1. The van der Waals surface area contributed by atoms with Gasteiger partial charge in [-0.3, -0.25) is 0 Å². The van der Waals surface area contributed by atoms with Gasteiger partial charge in [-0.25, -0.2) is 4.39 Å². The van der Waals surface area contributed by atoms with Gasteiger partial charge in [0.1, 0.15) is 5.82 Å². The molecule has 1 aliphatic rings. The number of anilines is 1. The standard InChI is InChI=1S/C13H19FN2O/c1-9-13(2,6-7-17-9)16-8-10-4-3-5-11(14)12(10)15/h3-5,9,16H,6-8,15H2,1-2H3. The lowest BCUT2D eigenvalue weighted by Gasteiger charge is -2.29. The summed E-state index contributed by atoms with van der Waals surface area (Å²) in [6.45, 7) is 5.51. The highest BCUT2D eigenvalue weighted by Gasteiger charge is 2.36. The van der Waals surface area contributed by atoms with Crippen LogP contribution >= 0.6 is 0 Å². The average Bonchev–Trinajstić information content (AvgIpc) is 2.62. The Bertz CT molecular complexity index is 410. The van der Waals surface area contributed by atoms with Crippen molar-refractivity contribution in [2.45, 2.75) is 38.5 Å². The Balaban J connectivity index is 2.05. The van der Waals surface area contributed by atoms with Crippen LogP contribution in [0.2, 0.25) is 0 Å². The number of para-hydroxylation sites is 1. The first kappa shape index (κ1) is 12.3. The first-order chi connectivity index (χ1) is 8.03. The van der Waals surface area contributed by atoms with Crippen LogP contribution in [0.5, 0.6) is 0 Å². The zero-order valence-electron chi connectivity index (χ0n) is 10.3. The van der Waals surface area contributed by atoms with E-state index in [0.717, 1.165) is 18.6 Å². The largest absolute Gasteiger partial charge is 0.396 e. The molecule has 0 radical (unpaired) electrons. The third-order valence-electron chi connectivity index (χ3n) is 3.71. The molecule has 2 rings (SSSR count). The Morgan fingerprint density at radius 1 is 1.59 bits per heavy atom. The second-order valence-corrected chi connectivity index (χ2v) is 4.85. The van der Waals surface area contributed by atoms with E-state index >= 15 is 0 Å². The van der Waals surface area contributed by atoms with E-state index in [9.17, 15) is 4.39 Å². The molecule has 0 bridgehead atoms. The smallest absolute Gasteiger partial charge is 0.146 e. The summed E-state index contributed by atoms with van der Waals surface area (Å²) in [6.07, 6.45) is 1.13. The predicted molar refractivity (Wildman–Crippen MR) is 66.1 cm³/mol. The van der Waals surface area contributed by atoms with Crippen molar-refractivity contribution in [3.05, 3.63) is 29.6 Å². The summed E-state index contributed by atoms with van der Waals surface area (Å²) in [5.74, 6) is -0.356. The fraction of sp³-hybridized carbons (Fsp3) is 0.538. The molecule has 1 heterocycles. The number of ether oxygens (including phenoxy) is 1. The van der Waals surface area contributed by atoms with Gasteiger partial charge in [-0.1, -0.05) is 12.1 Å². The van der Waals surface area contributed by atoms with Gasteiger partial charge in [-0.2, -0.15) is 0 Å². The molecule has 0 saturated carbocycles. The lowest BCUT2D eigenvalue weighted by atomic mass is 9.94. The van der Waals surface area contributed by atoms with Gasteiger partial charge < -0.3 is 15.8 Å². The highest BCUT2D eigenvalue weighted by atomic mass is 19.1. The normalized spacial score (nSPS) is 28.5. The molecule has 1 aliphatic heterocycles. The van der Waals surface area contributed by atoms with E-state index in [1.807, 2.05) is 6.07 Å². The molecule has 0 aromatic heterocycles. The Labute approximate surface area is 101 Å². The highest BCUT2D eigenvalue weighted by molar-refractivity contribution is 5.47. The number of halogens is 1. The molecule has 1 aromatic carbocycles. The predicted octanol–water partition coefficient (Wildman–Crippen LogP) is 2.06. The molecule has 0 spiro atoms. The lowest BCUT2D eigenvalue weighted by Crippen LogP contribution is -2.47. The van der Waals surface area contributed by atoms with E-state index in [1.165, 1.54) is 6.07 Å². The number of nitrogens with two attached hydrogens (primary N) is 1. The minimum absolute atomic E-state index is 0.0568. The van der Waals surface area contributed by atoms with Crippen molar-refractivity contribution < 1.29 is 9.13 Å². The van der Waals surface area contributed by atoms with Gasteiger partial charge in [-0.05, 0) is 31.9 Å². The van der Waals surface area contributed by atoms with Crippen LogP contribution < -0.4 is 11.1 Å². The maximum Gasteiger partial charge on any atom is 0.146 e. The topological polar surface area (TPSA) is 47.3 Å². The van der Waals surface area contributed by atoms with Crippen LogP contribution in [0.3, 0.4) is 0 Å². The summed E-state index contributed by atoms with van der Waals surface area (Å²) in [5, 5.41) is 3.42. The van der Waals surface area contributed by atoms with Crippen LogP contribution in [0.4, 0.5) is 10.1 Å². The van der Waals surface area contributed by atoms with Gasteiger partial charge in [-0.15, -0.1) is 0 Å². The molecule has 0 aliphatic carbocycles. The first-order valence-electron chi connectivity index (χ1n) is 5.92. The molecule has 3 N–H and O–H groups in total. The van der Waals surface area contributed by atoms with E-state index < -0.39 is 0 Å². The summed E-state index contributed by atoms with van der Waals surface area (Å²) >= 11 is 0. The maximum absolute atomic E-state index is 13.3. The van der Waals surface area contributed by atoms with Crippen molar-refractivity contribution >= 4 is 5.69 Å². The molecular formula is C13H19FN2O. The van der Waals surface area contributed by atoms with Gasteiger partial charge in [0.15, 0.2) is 0 Å². The molecular weight excluding hydrogens is 219 g/mol. The molecule has 0 amide bonds. The van der Waals surface area contributed by atoms with Gasteiger partial charge in [0.25, 0.3) is 0 Å². The van der Waals surface area contributed by atoms with Gasteiger partial charge in [0, 0.05) is 18.7 Å². The molecule has 4 heteroatoms. The average molecular weight is 238 g/mol. The van der Waals surface area contributed by atoms with Crippen LogP contribution in [-0.4, -0.2) is 18.2 Å². The quantitative estimate of drug-likeness (QED) is 0.792. The Morgan fingerprint density at radius 3 is 3.00 bits per heavy atom. The lowest BCUT2D eigenvalue weighted by molar-refractivity contribution is 0.0881. The molecule has 94 valence electrons. The van der Waals surface area contributed by atoms with Crippen molar-refractivity contribution in [1.29, 1.82) is 0 Å². The van der Waals surface area contributed by atoms with Crippen LogP contribution in [0.25, 0.3) is 0 Å². The monoisotopic (exact) mass is 238 g/mol. The first-order valence-corrected chi connectivity index (χ1v) is 5.92. The van der Waals surface area contributed by atoms with Crippen LogP contribution in [0, 0.1) is 5.82 Å². The van der Waals surface area contributed by atoms with E-state index in [-0.39, 0.29) is 23.1 Å². The Kier molecular flexibility index (Phi) is 3.35. The molecule has 3 nitrogen and oxygen atoms in total. The summed E-state index contributed by atoms with van der Waals surface area (Å²) < 4.78 is 18.8. The summed E-state index contributed by atoms with van der Waals surface area (Å²) in [7, 11) is 0. The zero-order valence-corrected chi connectivity index (χ0v) is 10.3. The van der Waals surface area contributed by atoms with Crippen molar-refractivity contribution in [1.82, 2.24) is 5.32 Å².